The van der Waals surface area contributed by atoms with Gasteiger partial charge in [-0.15, -0.1) is 0 Å². The van der Waals surface area contributed by atoms with Crippen molar-refractivity contribution in [3.8, 4) is 0 Å². The third-order valence-electron chi connectivity index (χ3n) is 6.15. The lowest BCUT2D eigenvalue weighted by Crippen LogP contribution is -2.42. The lowest BCUT2D eigenvalue weighted by atomic mass is 10.0. The zero-order valence-electron chi connectivity index (χ0n) is 16.9. The fraction of sp³-hybridized carbons (Fsp3) is 0.455. The Bertz CT molecular complexity index is 1100. The molecule has 148 valence electrons. The predicted molar refractivity (Wildman–Crippen MR) is 113 cm³/mol. The topological polar surface area (TPSA) is 59.3 Å². The average molecular weight is 380 g/mol. The maximum Gasteiger partial charge on any atom is 0.267 e. The molecule has 0 spiro atoms. The van der Waals surface area contributed by atoms with Crippen LogP contribution in [0.1, 0.15) is 36.7 Å². The summed E-state index contributed by atoms with van der Waals surface area (Å²) in [5.74, 6) is -0.130. The number of fused-ring (bicyclic) bond motifs is 3. The molecule has 3 aromatic rings. The van der Waals surface area contributed by atoms with E-state index in [4.69, 9.17) is 0 Å². The highest BCUT2D eigenvalue weighted by molar-refractivity contribution is 6.08. The van der Waals surface area contributed by atoms with E-state index in [0.717, 1.165) is 29.5 Å². The van der Waals surface area contributed by atoms with Crippen molar-refractivity contribution in [2.75, 3.05) is 19.6 Å². The molecule has 1 aromatic carbocycles. The smallest absolute Gasteiger partial charge is 0.267 e. The molecule has 0 bridgehead atoms. The molecule has 6 heteroatoms. The number of para-hydroxylation sites is 1. The average Bonchev–Trinajstić information content (AvgIpc) is 3.05. The van der Waals surface area contributed by atoms with E-state index < -0.39 is 0 Å². The number of hydrogen-bond donors (Lipinski definition) is 1. The first-order chi connectivity index (χ1) is 13.5. The molecule has 1 aliphatic rings. The standard InChI is InChI=1S/C22H28N4O2/c1-15-8-6-7-12-26(15)13-11-23-21(27)19-14-17-20(24(19)2)16-9-4-5-10-18(16)25(3)22(17)28/h4-5,9-10,14-15H,6-8,11-13H2,1-3H3,(H,23,27)/t15-/m0/s1. The zero-order valence-corrected chi connectivity index (χ0v) is 16.9. The molecule has 1 saturated heterocycles. The molecule has 2 aromatic heterocycles. The van der Waals surface area contributed by atoms with Gasteiger partial charge in [0.25, 0.3) is 11.5 Å². The highest BCUT2D eigenvalue weighted by Crippen LogP contribution is 2.25. The van der Waals surface area contributed by atoms with E-state index in [1.807, 2.05) is 35.9 Å². The van der Waals surface area contributed by atoms with Crippen molar-refractivity contribution in [1.82, 2.24) is 19.4 Å². The summed E-state index contributed by atoms with van der Waals surface area (Å²) in [7, 11) is 3.63. The number of hydrogen-bond acceptors (Lipinski definition) is 3. The molecule has 1 atom stereocenters. The number of amides is 1. The summed E-state index contributed by atoms with van der Waals surface area (Å²) in [5, 5.41) is 4.60. The summed E-state index contributed by atoms with van der Waals surface area (Å²) in [6, 6.07) is 10.1. The maximum absolute atomic E-state index is 12.8. The summed E-state index contributed by atoms with van der Waals surface area (Å²) in [4.78, 5) is 28.1. The number of rotatable bonds is 4. The summed E-state index contributed by atoms with van der Waals surface area (Å²) < 4.78 is 3.50. The predicted octanol–water partition coefficient (Wildman–Crippen LogP) is 2.63. The normalized spacial score (nSPS) is 18.0. The first-order valence-corrected chi connectivity index (χ1v) is 10.1. The van der Waals surface area contributed by atoms with Crippen LogP contribution in [0, 0.1) is 0 Å². The molecular weight excluding hydrogens is 352 g/mol. The second-order valence-electron chi connectivity index (χ2n) is 7.87. The lowest BCUT2D eigenvalue weighted by molar-refractivity contribution is 0.0931. The molecule has 0 unspecified atom stereocenters. The first-order valence-electron chi connectivity index (χ1n) is 10.1. The lowest BCUT2D eigenvalue weighted by Gasteiger charge is -2.33. The second kappa shape index (κ2) is 7.43. The van der Waals surface area contributed by atoms with Gasteiger partial charge in [0.2, 0.25) is 0 Å². The van der Waals surface area contributed by atoms with Crippen LogP contribution in [0.25, 0.3) is 21.8 Å². The third kappa shape index (κ3) is 3.11. The zero-order chi connectivity index (χ0) is 19.8. The van der Waals surface area contributed by atoms with Gasteiger partial charge in [-0.25, -0.2) is 0 Å². The van der Waals surface area contributed by atoms with Crippen molar-refractivity contribution >= 4 is 27.7 Å². The van der Waals surface area contributed by atoms with Gasteiger partial charge in [-0.3, -0.25) is 14.5 Å². The van der Waals surface area contributed by atoms with Crippen molar-refractivity contribution in [2.45, 2.75) is 32.2 Å². The molecule has 1 N–H and O–H groups in total. The Morgan fingerprint density at radius 2 is 1.93 bits per heavy atom. The number of piperidine rings is 1. The van der Waals surface area contributed by atoms with Gasteiger partial charge in [0.15, 0.2) is 0 Å². The van der Waals surface area contributed by atoms with E-state index in [-0.39, 0.29) is 11.5 Å². The minimum absolute atomic E-state index is 0.0782. The van der Waals surface area contributed by atoms with Crippen molar-refractivity contribution in [1.29, 1.82) is 0 Å². The van der Waals surface area contributed by atoms with Crippen LogP contribution < -0.4 is 10.9 Å². The molecule has 0 aliphatic carbocycles. The SMILES string of the molecule is C[C@H]1CCCCN1CCNC(=O)c1cc2c(=O)n(C)c3ccccc3c2n1C. The Hall–Kier alpha value is -2.60. The molecule has 4 rings (SSSR count). The van der Waals surface area contributed by atoms with Gasteiger partial charge < -0.3 is 14.5 Å². The van der Waals surface area contributed by atoms with Crippen LogP contribution in [0.2, 0.25) is 0 Å². The van der Waals surface area contributed by atoms with Gasteiger partial charge in [-0.2, -0.15) is 0 Å². The van der Waals surface area contributed by atoms with Crippen molar-refractivity contribution < 1.29 is 4.79 Å². The van der Waals surface area contributed by atoms with Gasteiger partial charge in [0.05, 0.1) is 16.4 Å². The number of carbonyl (C=O) groups is 1. The van der Waals surface area contributed by atoms with Gasteiger partial charge in [0, 0.05) is 38.6 Å². The van der Waals surface area contributed by atoms with E-state index in [9.17, 15) is 9.59 Å². The van der Waals surface area contributed by atoms with Crippen LogP contribution >= 0.6 is 0 Å². The minimum atomic E-state index is -0.130. The quantitative estimate of drug-likeness (QED) is 0.757. The number of pyridine rings is 1. The Balaban J connectivity index is 1.61. The number of aromatic nitrogens is 2. The summed E-state index contributed by atoms with van der Waals surface area (Å²) in [6.07, 6.45) is 3.76. The molecular formula is C22H28N4O2. The molecule has 6 nitrogen and oxygen atoms in total. The molecule has 1 amide bonds. The fourth-order valence-electron chi connectivity index (χ4n) is 4.46. The van der Waals surface area contributed by atoms with Crippen molar-refractivity contribution in [3.63, 3.8) is 0 Å². The van der Waals surface area contributed by atoms with Crippen molar-refractivity contribution in [2.24, 2.45) is 14.1 Å². The van der Waals surface area contributed by atoms with Crippen molar-refractivity contribution in [3.05, 3.63) is 46.4 Å². The first kappa shape index (κ1) is 18.7. The van der Waals surface area contributed by atoms with Gasteiger partial charge in [-0.05, 0) is 38.4 Å². The second-order valence-corrected chi connectivity index (χ2v) is 7.87. The van der Waals surface area contributed by atoms with E-state index in [1.54, 1.807) is 17.7 Å². The minimum Gasteiger partial charge on any atom is -0.349 e. The number of nitrogens with one attached hydrogen (secondary N) is 1. The monoisotopic (exact) mass is 380 g/mol. The van der Waals surface area contributed by atoms with E-state index in [2.05, 4.69) is 17.1 Å². The number of likely N-dealkylation sites (tertiary alicyclic amines) is 1. The molecule has 0 radical (unpaired) electrons. The molecule has 1 aliphatic heterocycles. The molecule has 3 heterocycles. The van der Waals surface area contributed by atoms with E-state index >= 15 is 0 Å². The summed E-state index contributed by atoms with van der Waals surface area (Å²) >= 11 is 0. The van der Waals surface area contributed by atoms with Crippen LogP contribution in [-0.2, 0) is 14.1 Å². The number of nitrogens with zero attached hydrogens (tertiary/aromatic N) is 3. The molecule has 0 saturated carbocycles. The number of benzene rings is 1. The van der Waals surface area contributed by atoms with E-state index in [1.165, 1.54) is 19.3 Å². The highest BCUT2D eigenvalue weighted by atomic mass is 16.2. The van der Waals surface area contributed by atoms with Crippen LogP contribution in [0.5, 0.6) is 0 Å². The van der Waals surface area contributed by atoms with Crippen LogP contribution in [0.4, 0.5) is 0 Å². The highest BCUT2D eigenvalue weighted by Gasteiger charge is 2.20. The van der Waals surface area contributed by atoms with Gasteiger partial charge in [-0.1, -0.05) is 24.6 Å². The third-order valence-corrected chi connectivity index (χ3v) is 6.15. The summed E-state index contributed by atoms with van der Waals surface area (Å²) in [5.41, 5.74) is 2.13. The van der Waals surface area contributed by atoms with Crippen LogP contribution in [0.15, 0.2) is 35.1 Å². The van der Waals surface area contributed by atoms with Crippen LogP contribution in [-0.4, -0.2) is 45.6 Å². The van der Waals surface area contributed by atoms with Gasteiger partial charge >= 0.3 is 0 Å². The number of carbonyl (C=O) groups excluding carboxylic acids is 1. The van der Waals surface area contributed by atoms with Crippen LogP contribution in [0.3, 0.4) is 0 Å². The summed E-state index contributed by atoms with van der Waals surface area (Å²) in [6.45, 7) is 4.84. The maximum atomic E-state index is 12.8. The fourth-order valence-corrected chi connectivity index (χ4v) is 4.46. The molecule has 1 fully saturated rings. The van der Waals surface area contributed by atoms with Gasteiger partial charge in [0.1, 0.15) is 5.69 Å². The van der Waals surface area contributed by atoms with E-state index in [0.29, 0.717) is 23.7 Å². The Labute approximate surface area is 164 Å². The number of aryl methyl sites for hydroxylation is 2. The molecule has 28 heavy (non-hydrogen) atoms. The largest absolute Gasteiger partial charge is 0.349 e. The Morgan fingerprint density at radius 1 is 1.14 bits per heavy atom. The Kier molecular flexibility index (Phi) is 4.98. The Morgan fingerprint density at radius 3 is 2.71 bits per heavy atom.